The summed E-state index contributed by atoms with van der Waals surface area (Å²) in [6, 6.07) is 0.0935. The molecule has 11 heteroatoms. The van der Waals surface area contributed by atoms with Crippen LogP contribution >= 0.6 is 0 Å². The first-order valence-corrected chi connectivity index (χ1v) is 21.2. The summed E-state index contributed by atoms with van der Waals surface area (Å²) in [5, 5.41) is 22.6. The summed E-state index contributed by atoms with van der Waals surface area (Å²) in [6.45, 7) is 14.3. The Morgan fingerprint density at radius 1 is 0.528 bits per heavy atom. The van der Waals surface area contributed by atoms with E-state index in [0.29, 0.717) is 61.2 Å². The lowest BCUT2D eigenvalue weighted by molar-refractivity contribution is -0.916. The van der Waals surface area contributed by atoms with Crippen LogP contribution in [0, 0.1) is 0 Å². The van der Waals surface area contributed by atoms with Crippen molar-refractivity contribution in [3.05, 3.63) is 0 Å². The molecule has 0 aromatic carbocycles. The summed E-state index contributed by atoms with van der Waals surface area (Å²) < 4.78 is 12.4. The van der Waals surface area contributed by atoms with Crippen LogP contribution in [-0.4, -0.2) is 134 Å². The van der Waals surface area contributed by atoms with Gasteiger partial charge >= 0.3 is 11.9 Å². The van der Waals surface area contributed by atoms with Gasteiger partial charge in [0.15, 0.2) is 0 Å². The molecule has 0 aliphatic carbocycles. The molecule has 0 fully saturated rings. The van der Waals surface area contributed by atoms with Gasteiger partial charge in [-0.3, -0.25) is 14.5 Å². The monoisotopic (exact) mass is 800 g/mol. The Hall–Kier alpha value is -0.680. The van der Waals surface area contributed by atoms with Crippen LogP contribution in [0.4, 0.5) is 0 Å². The molecule has 4 unspecified atom stereocenters. The number of nitrogens with zero attached hydrogens (tertiary/aromatic N) is 3. The topological polar surface area (TPSA) is 96.3 Å². The molecule has 4 atom stereocenters. The summed E-state index contributed by atoms with van der Waals surface area (Å²) in [5.41, 5.74) is 0. The number of halogens is 2. The molecule has 0 aromatic rings. The summed E-state index contributed by atoms with van der Waals surface area (Å²) in [5.74, 6) is -0.249. The van der Waals surface area contributed by atoms with Gasteiger partial charge < -0.3 is 53.5 Å². The average molecular weight is 801 g/mol. The van der Waals surface area contributed by atoms with Gasteiger partial charge in [-0.05, 0) is 39.7 Å². The van der Waals surface area contributed by atoms with Crippen molar-refractivity contribution in [2.24, 2.45) is 0 Å². The molecule has 0 spiro atoms. The minimum Gasteiger partial charge on any atom is -1.00 e. The van der Waals surface area contributed by atoms with Crippen LogP contribution in [0.15, 0.2) is 0 Å². The normalized spacial score (nSPS) is 14.2. The van der Waals surface area contributed by atoms with Crippen molar-refractivity contribution in [1.82, 2.24) is 4.90 Å². The van der Waals surface area contributed by atoms with Gasteiger partial charge in [0.05, 0.1) is 28.2 Å². The Labute approximate surface area is 340 Å². The lowest BCUT2D eigenvalue weighted by Gasteiger charge is -2.39. The van der Waals surface area contributed by atoms with Crippen molar-refractivity contribution in [3.63, 3.8) is 0 Å². The van der Waals surface area contributed by atoms with Crippen LogP contribution < -0.4 is 24.8 Å². The number of carbonyl (C=O) groups is 2. The van der Waals surface area contributed by atoms with Crippen molar-refractivity contribution in [2.45, 2.75) is 187 Å². The second-order valence-electron chi connectivity index (χ2n) is 16.9. The van der Waals surface area contributed by atoms with Gasteiger partial charge in [0.2, 0.25) is 0 Å². The third-order valence-corrected chi connectivity index (χ3v) is 11.0. The lowest BCUT2D eigenvalue weighted by Crippen LogP contribution is -3.00. The molecule has 0 saturated heterocycles. The van der Waals surface area contributed by atoms with E-state index in [1.54, 1.807) is 0 Å². The second kappa shape index (κ2) is 34.6. The number of hydrogen-bond acceptors (Lipinski definition) is 7. The van der Waals surface area contributed by atoms with Crippen molar-refractivity contribution in [2.75, 3.05) is 74.1 Å². The van der Waals surface area contributed by atoms with Gasteiger partial charge in [-0.2, -0.15) is 0 Å². The highest BCUT2D eigenvalue weighted by Gasteiger charge is 2.32. The Morgan fingerprint density at radius 3 is 1.17 bits per heavy atom. The van der Waals surface area contributed by atoms with E-state index >= 15 is 0 Å². The van der Waals surface area contributed by atoms with Crippen molar-refractivity contribution < 1.29 is 63.1 Å². The van der Waals surface area contributed by atoms with E-state index < -0.39 is 12.2 Å². The van der Waals surface area contributed by atoms with E-state index in [2.05, 4.69) is 67.7 Å². The first-order chi connectivity index (χ1) is 24.2. The summed E-state index contributed by atoms with van der Waals surface area (Å²) in [4.78, 5) is 27.0. The number of aliphatic hydroxyl groups is 2. The fourth-order valence-electron chi connectivity index (χ4n) is 6.60. The molecular formula is C42H87Cl2N3O6. The number of rotatable bonds is 35. The van der Waals surface area contributed by atoms with E-state index in [4.69, 9.17) is 9.47 Å². The standard InChI is InChI=1S/C42H87N3O6.2ClH/c1-10-13-16-19-21-23-25-28-41(48)50-35-37(4)44(6,7)33-39(46)31-43(30-27-18-15-12-3)32-40(47)34-45(8,9)38(5)36-51-42(49)29-26-24-22-20-17-14-11-2;;/h37-40,46-47H,10-36H2,1-9H3;2*1H/q+2;;/p-2. The number of hydrogen-bond donors (Lipinski definition) is 2. The van der Waals surface area contributed by atoms with E-state index in [9.17, 15) is 19.8 Å². The van der Waals surface area contributed by atoms with Crippen molar-refractivity contribution in [3.8, 4) is 0 Å². The van der Waals surface area contributed by atoms with Gasteiger partial charge in [-0.1, -0.05) is 117 Å². The first-order valence-electron chi connectivity index (χ1n) is 21.2. The maximum absolute atomic E-state index is 12.4. The molecule has 0 heterocycles. The molecule has 320 valence electrons. The number of ether oxygens (including phenoxy) is 2. The molecule has 0 aromatic heterocycles. The molecule has 0 radical (unpaired) electrons. The molecule has 0 rings (SSSR count). The summed E-state index contributed by atoms with van der Waals surface area (Å²) in [6.07, 6.45) is 20.7. The summed E-state index contributed by atoms with van der Waals surface area (Å²) in [7, 11) is 8.34. The molecule has 53 heavy (non-hydrogen) atoms. The Kier molecular flexibility index (Phi) is 36.9. The van der Waals surface area contributed by atoms with Gasteiger partial charge in [0.1, 0.15) is 50.6 Å². The fourth-order valence-corrected chi connectivity index (χ4v) is 6.60. The van der Waals surface area contributed by atoms with Crippen LogP contribution in [0.2, 0.25) is 0 Å². The molecule has 0 aliphatic rings. The largest absolute Gasteiger partial charge is 1.00 e. The van der Waals surface area contributed by atoms with E-state index in [0.717, 1.165) is 51.5 Å². The number of quaternary nitrogens is 2. The van der Waals surface area contributed by atoms with Crippen LogP contribution in [-0.2, 0) is 19.1 Å². The van der Waals surface area contributed by atoms with Crippen LogP contribution in [0.3, 0.4) is 0 Å². The van der Waals surface area contributed by atoms with Crippen LogP contribution in [0.5, 0.6) is 0 Å². The molecule has 0 saturated carbocycles. The highest BCUT2D eigenvalue weighted by molar-refractivity contribution is 5.69. The zero-order chi connectivity index (χ0) is 38.5. The van der Waals surface area contributed by atoms with Crippen LogP contribution in [0.1, 0.15) is 163 Å². The first kappa shape index (κ1) is 56.6. The minimum absolute atomic E-state index is 0. The molecule has 0 amide bonds. The molecular weight excluding hydrogens is 713 g/mol. The predicted molar refractivity (Wildman–Crippen MR) is 213 cm³/mol. The second-order valence-corrected chi connectivity index (χ2v) is 16.9. The maximum Gasteiger partial charge on any atom is 0.306 e. The van der Waals surface area contributed by atoms with Crippen molar-refractivity contribution in [1.29, 1.82) is 0 Å². The average Bonchev–Trinajstić information content (AvgIpc) is 3.06. The number of carbonyl (C=O) groups excluding carboxylic acids is 2. The number of esters is 2. The highest BCUT2D eigenvalue weighted by atomic mass is 35.5. The van der Waals surface area contributed by atoms with Gasteiger partial charge in [0, 0.05) is 25.9 Å². The predicted octanol–water partition coefficient (Wildman–Crippen LogP) is 1.90. The zero-order valence-corrected chi connectivity index (χ0v) is 37.5. The number of likely N-dealkylation sites (N-methyl/N-ethyl adjacent to an activating group) is 2. The smallest absolute Gasteiger partial charge is 0.306 e. The lowest BCUT2D eigenvalue weighted by atomic mass is 10.1. The SMILES string of the molecule is CCCCCCCCCC(=O)OCC(C)[N+](C)(C)CC(O)CN(CCCCCC)CC(O)C[N+](C)(C)C(C)COC(=O)CCCCCCCCC.[Cl-].[Cl-]. The van der Waals surface area contributed by atoms with Crippen molar-refractivity contribution >= 4 is 11.9 Å². The van der Waals surface area contributed by atoms with Gasteiger partial charge in [0.25, 0.3) is 0 Å². The number of aliphatic hydroxyl groups excluding tert-OH is 2. The quantitative estimate of drug-likeness (QED) is 0.0575. The molecule has 9 nitrogen and oxygen atoms in total. The van der Waals surface area contributed by atoms with Gasteiger partial charge in [-0.25, -0.2) is 0 Å². The molecule has 2 N–H and O–H groups in total. The van der Waals surface area contributed by atoms with E-state index in [1.165, 1.54) is 70.6 Å². The van der Waals surface area contributed by atoms with Gasteiger partial charge in [-0.15, -0.1) is 0 Å². The van der Waals surface area contributed by atoms with E-state index in [-0.39, 0.29) is 48.8 Å². The third kappa shape index (κ3) is 31.1. The Bertz CT molecular complexity index is 805. The third-order valence-electron chi connectivity index (χ3n) is 11.0. The number of unbranched alkanes of at least 4 members (excludes halogenated alkanes) is 15. The maximum atomic E-state index is 12.4. The zero-order valence-electron chi connectivity index (χ0n) is 36.0. The Balaban J connectivity index is -0.0000125. The van der Waals surface area contributed by atoms with E-state index in [1.807, 2.05) is 0 Å². The van der Waals surface area contributed by atoms with Crippen LogP contribution in [0.25, 0.3) is 0 Å². The fraction of sp³-hybridized carbons (Fsp3) is 0.952. The Morgan fingerprint density at radius 2 is 0.830 bits per heavy atom. The minimum atomic E-state index is -0.582. The molecule has 0 aliphatic heterocycles. The highest BCUT2D eigenvalue weighted by Crippen LogP contribution is 2.15. The molecule has 0 bridgehead atoms. The summed E-state index contributed by atoms with van der Waals surface area (Å²) >= 11 is 0.